The summed E-state index contributed by atoms with van der Waals surface area (Å²) in [5.41, 5.74) is 0.857. The average Bonchev–Trinajstić information content (AvgIpc) is 3.09. The molecule has 1 aromatic carbocycles. The van der Waals surface area contributed by atoms with Crippen molar-refractivity contribution < 1.29 is 8.42 Å². The number of hydrogen-bond donors (Lipinski definition) is 1. The smallest absolute Gasteiger partial charge is 0.295 e. The van der Waals surface area contributed by atoms with E-state index in [1.807, 2.05) is 17.5 Å². The second kappa shape index (κ2) is 5.79. The van der Waals surface area contributed by atoms with Gasteiger partial charge in [0, 0.05) is 25.5 Å². The van der Waals surface area contributed by atoms with Crippen LogP contribution in [0.4, 0.5) is 0 Å². The monoisotopic (exact) mass is 371 g/mol. The van der Waals surface area contributed by atoms with Crippen molar-refractivity contribution in [2.45, 2.75) is 11.4 Å². The first-order valence-electron chi connectivity index (χ1n) is 6.68. The van der Waals surface area contributed by atoms with Gasteiger partial charge in [-0.2, -0.15) is 0 Å². The fourth-order valence-corrected chi connectivity index (χ4v) is 4.65. The third kappa shape index (κ3) is 2.83. The van der Waals surface area contributed by atoms with Crippen LogP contribution in [-0.4, -0.2) is 17.6 Å². The number of nitrogens with one attached hydrogen (secondary N) is 1. The Morgan fingerprint density at radius 1 is 1.22 bits per heavy atom. The molecule has 3 aromatic rings. The van der Waals surface area contributed by atoms with Crippen LogP contribution < -0.4 is 10.4 Å². The fraction of sp³-hybridized carbons (Fsp3) is 0.214. The molecule has 0 saturated heterocycles. The fourth-order valence-electron chi connectivity index (χ4n) is 2.36. The predicted octanol–water partition coefficient (Wildman–Crippen LogP) is 2.07. The molecule has 2 aromatic heterocycles. The summed E-state index contributed by atoms with van der Waals surface area (Å²) in [6, 6.07) is 6.62. The van der Waals surface area contributed by atoms with Crippen LogP contribution in [0.1, 0.15) is 4.88 Å². The predicted molar refractivity (Wildman–Crippen MR) is 91.5 cm³/mol. The van der Waals surface area contributed by atoms with Crippen LogP contribution in [0.15, 0.2) is 39.3 Å². The molecule has 6 nitrogen and oxygen atoms in total. The SMILES string of the molecule is Cn1c(=O)n(C)c2cc(S(=O)(=O)NCc3cccs3)c(Cl)cc21. The van der Waals surface area contributed by atoms with Crippen molar-refractivity contribution in [3.63, 3.8) is 0 Å². The highest BCUT2D eigenvalue weighted by atomic mass is 35.5. The van der Waals surface area contributed by atoms with E-state index in [-0.39, 0.29) is 22.2 Å². The first-order chi connectivity index (χ1) is 10.8. The van der Waals surface area contributed by atoms with Gasteiger partial charge in [0.15, 0.2) is 0 Å². The number of halogens is 1. The molecule has 0 atom stereocenters. The molecule has 122 valence electrons. The maximum atomic E-state index is 12.5. The Kier molecular flexibility index (Phi) is 4.09. The van der Waals surface area contributed by atoms with Gasteiger partial charge in [-0.1, -0.05) is 17.7 Å². The van der Waals surface area contributed by atoms with Crippen LogP contribution in [0.3, 0.4) is 0 Å². The Labute approximate surface area is 142 Å². The molecule has 0 saturated carbocycles. The highest BCUT2D eigenvalue weighted by molar-refractivity contribution is 7.89. The van der Waals surface area contributed by atoms with Gasteiger partial charge < -0.3 is 0 Å². The van der Waals surface area contributed by atoms with Crippen molar-refractivity contribution >= 4 is 44.0 Å². The summed E-state index contributed by atoms with van der Waals surface area (Å²) < 4.78 is 30.4. The Balaban J connectivity index is 2.06. The largest absolute Gasteiger partial charge is 0.328 e. The molecule has 0 fully saturated rings. The molecule has 0 amide bonds. The Morgan fingerprint density at radius 2 is 1.87 bits per heavy atom. The minimum atomic E-state index is -3.78. The van der Waals surface area contributed by atoms with E-state index in [0.29, 0.717) is 11.0 Å². The lowest BCUT2D eigenvalue weighted by atomic mass is 10.3. The zero-order valence-corrected chi connectivity index (χ0v) is 14.8. The third-order valence-corrected chi connectivity index (χ3v) is 6.37. The maximum absolute atomic E-state index is 12.5. The number of nitrogens with zero attached hydrogens (tertiary/aromatic N) is 2. The quantitative estimate of drug-likeness (QED) is 0.763. The van der Waals surface area contributed by atoms with Gasteiger partial charge in [0.05, 0.1) is 16.1 Å². The molecule has 9 heteroatoms. The van der Waals surface area contributed by atoms with Crippen LogP contribution in [0.5, 0.6) is 0 Å². The lowest BCUT2D eigenvalue weighted by molar-refractivity contribution is 0.582. The van der Waals surface area contributed by atoms with Gasteiger partial charge in [-0.25, -0.2) is 17.9 Å². The van der Waals surface area contributed by atoms with Gasteiger partial charge in [-0.05, 0) is 23.6 Å². The van der Waals surface area contributed by atoms with E-state index in [2.05, 4.69) is 4.72 Å². The number of benzene rings is 1. The first kappa shape index (κ1) is 16.3. The molecule has 0 spiro atoms. The van der Waals surface area contributed by atoms with Crippen LogP contribution >= 0.6 is 22.9 Å². The summed E-state index contributed by atoms with van der Waals surface area (Å²) in [5, 5.41) is 1.96. The van der Waals surface area contributed by atoms with Crippen molar-refractivity contribution in [3.8, 4) is 0 Å². The third-order valence-electron chi connectivity index (χ3n) is 3.63. The number of hydrogen-bond acceptors (Lipinski definition) is 4. The molecule has 3 rings (SSSR count). The number of rotatable bonds is 4. The number of aryl methyl sites for hydroxylation is 2. The molecule has 0 aliphatic rings. The standard InChI is InChI=1S/C14H14ClN3O3S2/c1-17-11-6-10(15)13(7-12(11)18(2)14(17)19)23(20,21)16-8-9-4-3-5-22-9/h3-7,16H,8H2,1-2H3. The normalized spacial score (nSPS) is 12.1. The zero-order valence-electron chi connectivity index (χ0n) is 12.4. The van der Waals surface area contributed by atoms with E-state index in [0.717, 1.165) is 4.88 Å². The summed E-state index contributed by atoms with van der Waals surface area (Å²) in [6.45, 7) is 0.197. The molecule has 2 heterocycles. The summed E-state index contributed by atoms with van der Waals surface area (Å²) in [5.74, 6) is 0. The van der Waals surface area contributed by atoms with Crippen LogP contribution in [0.25, 0.3) is 11.0 Å². The Hall–Kier alpha value is -1.61. The Bertz CT molecular complexity index is 1030. The highest BCUT2D eigenvalue weighted by Crippen LogP contribution is 2.27. The molecular weight excluding hydrogens is 358 g/mol. The lowest BCUT2D eigenvalue weighted by Crippen LogP contribution is -2.23. The van der Waals surface area contributed by atoms with E-state index < -0.39 is 10.0 Å². The summed E-state index contributed by atoms with van der Waals surface area (Å²) in [4.78, 5) is 12.8. The van der Waals surface area contributed by atoms with Crippen LogP contribution in [0, 0.1) is 0 Å². The first-order valence-corrected chi connectivity index (χ1v) is 9.42. The molecule has 0 aliphatic heterocycles. The zero-order chi connectivity index (χ0) is 16.8. The minimum absolute atomic E-state index is 0.0376. The number of sulfonamides is 1. The molecular formula is C14H14ClN3O3S2. The number of thiophene rings is 1. The van der Waals surface area contributed by atoms with Gasteiger partial charge >= 0.3 is 5.69 Å². The van der Waals surface area contributed by atoms with Crippen molar-refractivity contribution in [1.82, 2.24) is 13.9 Å². The van der Waals surface area contributed by atoms with E-state index in [9.17, 15) is 13.2 Å². The minimum Gasteiger partial charge on any atom is -0.295 e. The van der Waals surface area contributed by atoms with Crippen molar-refractivity contribution in [2.75, 3.05) is 0 Å². The maximum Gasteiger partial charge on any atom is 0.328 e. The highest BCUT2D eigenvalue weighted by Gasteiger charge is 2.21. The summed E-state index contributed by atoms with van der Waals surface area (Å²) >= 11 is 7.61. The van der Waals surface area contributed by atoms with Crippen LogP contribution in [0.2, 0.25) is 5.02 Å². The molecule has 23 heavy (non-hydrogen) atoms. The van der Waals surface area contributed by atoms with Crippen molar-refractivity contribution in [2.24, 2.45) is 14.1 Å². The van der Waals surface area contributed by atoms with Crippen molar-refractivity contribution in [3.05, 3.63) is 50.0 Å². The molecule has 0 radical (unpaired) electrons. The Morgan fingerprint density at radius 3 is 2.48 bits per heavy atom. The number of aromatic nitrogens is 2. The van der Waals surface area contributed by atoms with Crippen molar-refractivity contribution in [1.29, 1.82) is 0 Å². The summed E-state index contributed by atoms with van der Waals surface area (Å²) in [6.07, 6.45) is 0. The second-order valence-electron chi connectivity index (χ2n) is 5.08. The van der Waals surface area contributed by atoms with Gasteiger partial charge in [-0.3, -0.25) is 9.13 Å². The second-order valence-corrected chi connectivity index (χ2v) is 8.25. The van der Waals surface area contributed by atoms with E-state index in [1.54, 1.807) is 14.1 Å². The molecule has 1 N–H and O–H groups in total. The van der Waals surface area contributed by atoms with Gasteiger partial charge in [-0.15, -0.1) is 11.3 Å². The average molecular weight is 372 g/mol. The van der Waals surface area contributed by atoms with E-state index in [4.69, 9.17) is 11.6 Å². The number of imidazole rings is 1. The van der Waals surface area contributed by atoms with Gasteiger partial charge in [0.25, 0.3) is 0 Å². The molecule has 0 aliphatic carbocycles. The topological polar surface area (TPSA) is 73.1 Å². The molecule has 0 unspecified atom stereocenters. The lowest BCUT2D eigenvalue weighted by Gasteiger charge is -2.08. The van der Waals surface area contributed by atoms with Crippen LogP contribution in [-0.2, 0) is 30.7 Å². The van der Waals surface area contributed by atoms with E-state index in [1.165, 1.54) is 32.6 Å². The summed E-state index contributed by atoms with van der Waals surface area (Å²) in [7, 11) is -0.572. The number of fused-ring (bicyclic) bond motifs is 1. The van der Waals surface area contributed by atoms with Gasteiger partial charge in [0.1, 0.15) is 4.90 Å². The van der Waals surface area contributed by atoms with Gasteiger partial charge in [0.2, 0.25) is 10.0 Å². The molecule has 0 bridgehead atoms. The van der Waals surface area contributed by atoms with E-state index >= 15 is 0 Å².